The average Bonchev–Trinajstić information content (AvgIpc) is 3.41. The van der Waals surface area contributed by atoms with Crippen molar-refractivity contribution in [2.75, 3.05) is 0 Å². The molecule has 1 heterocycles. The maximum atomic E-state index is 13.5. The van der Waals surface area contributed by atoms with Gasteiger partial charge in [-0.3, -0.25) is 34.2 Å². The second-order valence-electron chi connectivity index (χ2n) is 14.0. The second-order valence-corrected chi connectivity index (χ2v) is 14.0. The SMILES string of the molecule is CC(C)C[C@H](NC(=O)[C@H](NC(=O)[C@H](C)NC(=O)[C@H](CCC(=O)OC(C)(C)C)NC(=O)[C@H](N)Cc1c[nH]c2ccccc12)C(C)C)C(=O)NN. The van der Waals surface area contributed by atoms with Crippen molar-refractivity contribution in [2.45, 2.75) is 117 Å². The summed E-state index contributed by atoms with van der Waals surface area (Å²) >= 11 is 0. The van der Waals surface area contributed by atoms with Crippen molar-refractivity contribution < 1.29 is 33.5 Å². The lowest BCUT2D eigenvalue weighted by molar-refractivity contribution is -0.155. The zero-order valence-corrected chi connectivity index (χ0v) is 29.8. The number of para-hydroxylation sites is 1. The van der Waals surface area contributed by atoms with Crippen LogP contribution in [0.5, 0.6) is 0 Å². The first-order valence-electron chi connectivity index (χ1n) is 16.6. The molecule has 1 aromatic carbocycles. The van der Waals surface area contributed by atoms with E-state index in [1.165, 1.54) is 6.92 Å². The van der Waals surface area contributed by atoms with Crippen LogP contribution >= 0.6 is 0 Å². The predicted molar refractivity (Wildman–Crippen MR) is 185 cm³/mol. The van der Waals surface area contributed by atoms with Gasteiger partial charge in [0.15, 0.2) is 0 Å². The van der Waals surface area contributed by atoms with E-state index >= 15 is 0 Å². The number of hydrogen-bond donors (Lipinski definition) is 8. The Bertz CT molecular complexity index is 1470. The highest BCUT2D eigenvalue weighted by molar-refractivity contribution is 5.96. The lowest BCUT2D eigenvalue weighted by atomic mass is 9.99. The van der Waals surface area contributed by atoms with Crippen LogP contribution in [-0.4, -0.2) is 76.3 Å². The third kappa shape index (κ3) is 13.1. The van der Waals surface area contributed by atoms with Crippen molar-refractivity contribution in [3.05, 3.63) is 36.0 Å². The number of fused-ring (bicyclic) bond motifs is 1. The van der Waals surface area contributed by atoms with Crippen LogP contribution in [0, 0.1) is 11.8 Å². The maximum Gasteiger partial charge on any atom is 0.306 e. The van der Waals surface area contributed by atoms with E-state index < -0.39 is 71.3 Å². The van der Waals surface area contributed by atoms with Gasteiger partial charge >= 0.3 is 5.97 Å². The topological polar surface area (TPSA) is 240 Å². The highest BCUT2D eigenvalue weighted by Crippen LogP contribution is 2.19. The normalized spacial score (nSPS) is 14.7. The summed E-state index contributed by atoms with van der Waals surface area (Å²) in [7, 11) is 0. The Labute approximate surface area is 287 Å². The molecule has 0 saturated heterocycles. The number of rotatable bonds is 17. The molecule has 0 aliphatic heterocycles. The second kappa shape index (κ2) is 18.3. The minimum atomic E-state index is -1.24. The van der Waals surface area contributed by atoms with Crippen molar-refractivity contribution in [1.29, 1.82) is 0 Å². The van der Waals surface area contributed by atoms with Gasteiger partial charge in [0.25, 0.3) is 5.91 Å². The van der Waals surface area contributed by atoms with E-state index in [1.54, 1.807) is 40.8 Å². The van der Waals surface area contributed by atoms with Crippen molar-refractivity contribution in [3.63, 3.8) is 0 Å². The van der Waals surface area contributed by atoms with Crippen LogP contribution in [0.3, 0.4) is 0 Å². The van der Waals surface area contributed by atoms with E-state index in [0.29, 0.717) is 6.42 Å². The Balaban J connectivity index is 2.15. The van der Waals surface area contributed by atoms with Gasteiger partial charge in [-0.15, -0.1) is 0 Å². The molecule has 1 aromatic heterocycles. The highest BCUT2D eigenvalue weighted by Gasteiger charge is 2.32. The number of nitrogens with one attached hydrogen (secondary N) is 6. The number of benzene rings is 1. The molecule has 0 aliphatic rings. The monoisotopic (exact) mass is 686 g/mol. The average molecular weight is 687 g/mol. The molecule has 0 spiro atoms. The number of esters is 1. The van der Waals surface area contributed by atoms with Gasteiger partial charge in [-0.05, 0) is 70.4 Å². The van der Waals surface area contributed by atoms with Crippen LogP contribution in [0.15, 0.2) is 30.5 Å². The van der Waals surface area contributed by atoms with E-state index in [4.69, 9.17) is 16.3 Å². The smallest absolute Gasteiger partial charge is 0.306 e. The van der Waals surface area contributed by atoms with E-state index in [2.05, 4.69) is 26.3 Å². The molecule has 5 amide bonds. The van der Waals surface area contributed by atoms with Crippen LogP contribution in [0.1, 0.15) is 80.2 Å². The molecule has 2 rings (SSSR count). The fourth-order valence-electron chi connectivity index (χ4n) is 5.09. The number of amides is 5. The molecule has 5 atom stereocenters. The van der Waals surface area contributed by atoms with Crippen LogP contribution in [0.25, 0.3) is 10.9 Å². The minimum Gasteiger partial charge on any atom is -0.460 e. The van der Waals surface area contributed by atoms with Crippen LogP contribution in [0.4, 0.5) is 0 Å². The Hall–Kier alpha value is -4.50. The molecule has 272 valence electrons. The van der Waals surface area contributed by atoms with E-state index in [-0.39, 0.29) is 31.1 Å². The van der Waals surface area contributed by atoms with Gasteiger partial charge in [-0.1, -0.05) is 45.9 Å². The molecule has 0 bridgehead atoms. The van der Waals surface area contributed by atoms with Crippen molar-refractivity contribution >= 4 is 46.4 Å². The first-order valence-corrected chi connectivity index (χ1v) is 16.6. The largest absolute Gasteiger partial charge is 0.460 e. The van der Waals surface area contributed by atoms with Crippen LogP contribution in [0.2, 0.25) is 0 Å². The van der Waals surface area contributed by atoms with Gasteiger partial charge in [0.2, 0.25) is 23.6 Å². The quantitative estimate of drug-likeness (QED) is 0.0508. The molecule has 49 heavy (non-hydrogen) atoms. The Morgan fingerprint density at radius 1 is 0.816 bits per heavy atom. The number of hydrazine groups is 1. The third-order valence-electron chi connectivity index (χ3n) is 7.62. The van der Waals surface area contributed by atoms with E-state index in [9.17, 15) is 28.8 Å². The lowest BCUT2D eigenvalue weighted by Crippen LogP contribution is -2.59. The first-order chi connectivity index (χ1) is 22.8. The van der Waals surface area contributed by atoms with Crippen molar-refractivity contribution in [3.8, 4) is 0 Å². The summed E-state index contributed by atoms with van der Waals surface area (Å²) in [6.45, 7) is 13.8. The summed E-state index contributed by atoms with van der Waals surface area (Å²) in [6, 6.07) is 2.20. The molecule has 15 heteroatoms. The van der Waals surface area contributed by atoms with Gasteiger partial charge in [-0.25, -0.2) is 5.84 Å². The summed E-state index contributed by atoms with van der Waals surface area (Å²) in [5.74, 6) is 1.20. The number of carbonyl (C=O) groups is 6. The predicted octanol–water partition coefficient (Wildman–Crippen LogP) is 0.811. The summed E-state index contributed by atoms with van der Waals surface area (Å²) in [5.41, 5.74) is 9.25. The van der Waals surface area contributed by atoms with Crippen LogP contribution in [-0.2, 0) is 39.9 Å². The third-order valence-corrected chi connectivity index (χ3v) is 7.62. The molecule has 0 fully saturated rings. The number of carbonyl (C=O) groups excluding carboxylic acids is 6. The van der Waals surface area contributed by atoms with Gasteiger partial charge in [-0.2, -0.15) is 0 Å². The molecule has 10 N–H and O–H groups in total. The molecular weight excluding hydrogens is 632 g/mol. The molecule has 0 aliphatic carbocycles. The Morgan fingerprint density at radius 2 is 1.45 bits per heavy atom. The summed E-state index contributed by atoms with van der Waals surface area (Å²) in [4.78, 5) is 81.0. The standard InChI is InChI=1S/C34H54N8O7/c1-18(2)15-26(32(47)42-36)40-33(48)28(19(3)4)41-29(44)20(5)38-31(46)25(13-14-27(43)49-34(6,7)8)39-30(45)23(35)16-21-17-37-24-12-10-9-11-22(21)24/h9-12,17-20,23,25-26,28,37H,13-16,35-36H2,1-8H3,(H,38,46)(H,39,45)(H,40,48)(H,41,44)(H,42,47)/t20-,23+,25-,26-,28+/m0/s1. The Kier molecular flexibility index (Phi) is 15.2. The fourth-order valence-corrected chi connectivity index (χ4v) is 5.09. The first kappa shape index (κ1) is 40.7. The summed E-state index contributed by atoms with van der Waals surface area (Å²) in [6.07, 6.45) is 1.95. The molecule has 0 unspecified atom stereocenters. The van der Waals surface area contributed by atoms with Gasteiger partial charge in [0.1, 0.15) is 29.8 Å². The summed E-state index contributed by atoms with van der Waals surface area (Å²) in [5, 5.41) is 11.4. The van der Waals surface area contributed by atoms with Crippen molar-refractivity contribution in [2.24, 2.45) is 23.4 Å². The molecule has 15 nitrogen and oxygen atoms in total. The number of hydrogen-bond acceptors (Lipinski definition) is 9. The fraction of sp³-hybridized carbons (Fsp3) is 0.588. The maximum absolute atomic E-state index is 13.5. The number of H-pyrrole nitrogens is 1. The number of nitrogens with two attached hydrogens (primary N) is 2. The highest BCUT2D eigenvalue weighted by atomic mass is 16.6. The molecule has 0 radical (unpaired) electrons. The Morgan fingerprint density at radius 3 is 2.04 bits per heavy atom. The van der Waals surface area contributed by atoms with Crippen molar-refractivity contribution in [1.82, 2.24) is 31.7 Å². The van der Waals surface area contributed by atoms with E-state index in [1.807, 2.05) is 43.5 Å². The molecule has 0 saturated carbocycles. The number of aromatic amines is 1. The molecule has 2 aromatic rings. The molecular formula is C34H54N8O7. The van der Waals surface area contributed by atoms with Gasteiger partial charge in [0, 0.05) is 23.5 Å². The zero-order valence-electron chi connectivity index (χ0n) is 29.8. The minimum absolute atomic E-state index is 0.0664. The summed E-state index contributed by atoms with van der Waals surface area (Å²) < 4.78 is 5.36. The lowest BCUT2D eigenvalue weighted by Gasteiger charge is -2.27. The number of ether oxygens (including phenoxy) is 1. The van der Waals surface area contributed by atoms with Gasteiger partial charge < -0.3 is 36.7 Å². The zero-order chi connectivity index (χ0) is 37.1. The number of aromatic nitrogens is 1. The van der Waals surface area contributed by atoms with E-state index in [0.717, 1.165) is 16.5 Å². The van der Waals surface area contributed by atoms with Gasteiger partial charge in [0.05, 0.1) is 6.04 Å². The van der Waals surface area contributed by atoms with Crippen LogP contribution < -0.4 is 38.3 Å².